The second-order valence-corrected chi connectivity index (χ2v) is 2.84. The molecule has 0 saturated heterocycles. The first kappa shape index (κ1) is 11.7. The number of nitrogens with zero attached hydrogens (tertiary/aromatic N) is 1. The lowest BCUT2D eigenvalue weighted by Gasteiger charge is -2.10. The van der Waals surface area contributed by atoms with Crippen LogP contribution in [0.2, 0.25) is 0 Å². The number of aromatic nitrogens is 1. The van der Waals surface area contributed by atoms with Crippen LogP contribution in [0.3, 0.4) is 0 Å². The fourth-order valence-electron chi connectivity index (χ4n) is 0.937. The minimum absolute atomic E-state index is 0.184. The summed E-state index contributed by atoms with van der Waals surface area (Å²) in [4.78, 5) is 32.2. The molecular weight excluding hydrogens is 220 g/mol. The van der Waals surface area contributed by atoms with Gasteiger partial charge in [0.15, 0.2) is 0 Å². The average Bonchev–Trinajstić information content (AvgIpc) is 2.68. The highest BCUT2D eigenvalue weighted by Crippen LogP contribution is 1.99. The number of rotatable bonds is 5. The van der Waals surface area contributed by atoms with Crippen molar-refractivity contribution in [2.24, 2.45) is 0 Å². The molecule has 8 heteroatoms. The molecule has 0 fully saturated rings. The zero-order valence-electron chi connectivity index (χ0n) is 7.91. The first-order valence-electron chi connectivity index (χ1n) is 4.17. The Morgan fingerprint density at radius 3 is 2.56 bits per heavy atom. The van der Waals surface area contributed by atoms with E-state index in [1.165, 1.54) is 12.3 Å². The maximum Gasteiger partial charge on any atom is 0.326 e. The van der Waals surface area contributed by atoms with Crippen molar-refractivity contribution in [3.63, 3.8) is 0 Å². The van der Waals surface area contributed by atoms with E-state index >= 15 is 0 Å². The Hall–Kier alpha value is -2.38. The molecule has 1 aromatic rings. The quantitative estimate of drug-likeness (QED) is 0.609. The highest BCUT2D eigenvalue weighted by atomic mass is 16.5. The summed E-state index contributed by atoms with van der Waals surface area (Å²) in [7, 11) is 0. The topological polar surface area (TPSA) is 130 Å². The van der Waals surface area contributed by atoms with Crippen LogP contribution < -0.4 is 5.32 Å². The summed E-state index contributed by atoms with van der Waals surface area (Å²) in [6.07, 6.45) is 0.497. The first-order valence-corrected chi connectivity index (χ1v) is 4.17. The maximum absolute atomic E-state index is 11.3. The number of carboxylic acids is 2. The summed E-state index contributed by atoms with van der Waals surface area (Å²) in [6, 6.07) is -0.273. The Kier molecular flexibility index (Phi) is 3.59. The predicted molar refractivity (Wildman–Crippen MR) is 47.6 cm³/mol. The Balaban J connectivity index is 2.65. The summed E-state index contributed by atoms with van der Waals surface area (Å²) in [6.45, 7) is 0. The molecule has 0 aliphatic heterocycles. The lowest BCUT2D eigenvalue weighted by molar-refractivity contribution is -0.145. The van der Waals surface area contributed by atoms with Crippen molar-refractivity contribution in [1.29, 1.82) is 0 Å². The van der Waals surface area contributed by atoms with Crippen LogP contribution in [0.15, 0.2) is 16.8 Å². The molecule has 86 valence electrons. The Bertz CT molecular complexity index is 399. The van der Waals surface area contributed by atoms with Crippen LogP contribution in [0.25, 0.3) is 0 Å². The molecule has 0 bridgehead atoms. The lowest BCUT2D eigenvalue weighted by atomic mass is 10.2. The van der Waals surface area contributed by atoms with Crippen molar-refractivity contribution < 1.29 is 29.1 Å². The molecule has 1 rings (SSSR count). The van der Waals surface area contributed by atoms with Crippen molar-refractivity contribution in [2.75, 3.05) is 0 Å². The summed E-state index contributed by atoms with van der Waals surface area (Å²) in [5.41, 5.74) is 0. The van der Waals surface area contributed by atoms with Gasteiger partial charge in [-0.25, -0.2) is 4.79 Å². The van der Waals surface area contributed by atoms with Gasteiger partial charge in [-0.2, -0.15) is 0 Å². The second kappa shape index (κ2) is 4.91. The molecule has 0 radical (unpaired) electrons. The van der Waals surface area contributed by atoms with Crippen LogP contribution in [0.5, 0.6) is 0 Å². The third-order valence-electron chi connectivity index (χ3n) is 1.64. The third-order valence-corrected chi connectivity index (χ3v) is 1.64. The van der Waals surface area contributed by atoms with E-state index in [1.807, 2.05) is 5.32 Å². The smallest absolute Gasteiger partial charge is 0.326 e. The zero-order chi connectivity index (χ0) is 12.1. The Morgan fingerprint density at radius 1 is 1.44 bits per heavy atom. The molecule has 1 atom stereocenters. The molecule has 0 aromatic carbocycles. The number of hydrogen-bond acceptors (Lipinski definition) is 5. The van der Waals surface area contributed by atoms with Crippen LogP contribution in [0.4, 0.5) is 0 Å². The normalized spacial score (nSPS) is 11.8. The van der Waals surface area contributed by atoms with Crippen molar-refractivity contribution in [2.45, 2.75) is 12.5 Å². The number of hydrogen-bond donors (Lipinski definition) is 3. The van der Waals surface area contributed by atoms with Crippen molar-refractivity contribution in [3.8, 4) is 0 Å². The molecule has 0 spiro atoms. The molecule has 0 aliphatic carbocycles. The SMILES string of the molecule is O=C(O)C[C@H](NC(=O)c1ccno1)C(=O)O. The van der Waals surface area contributed by atoms with Crippen LogP contribution in [-0.4, -0.2) is 39.3 Å². The number of nitrogens with one attached hydrogen (secondary N) is 1. The van der Waals surface area contributed by atoms with Crippen LogP contribution in [0, 0.1) is 0 Å². The van der Waals surface area contributed by atoms with Gasteiger partial charge in [0, 0.05) is 6.07 Å². The second-order valence-electron chi connectivity index (χ2n) is 2.84. The zero-order valence-corrected chi connectivity index (χ0v) is 7.91. The largest absolute Gasteiger partial charge is 0.481 e. The highest BCUT2D eigenvalue weighted by molar-refractivity contribution is 5.95. The minimum atomic E-state index is -1.50. The van der Waals surface area contributed by atoms with E-state index in [-0.39, 0.29) is 5.76 Å². The molecule has 16 heavy (non-hydrogen) atoms. The predicted octanol–water partition coefficient (Wildman–Crippen LogP) is -0.668. The summed E-state index contributed by atoms with van der Waals surface area (Å²) in [5.74, 6) is -3.77. The van der Waals surface area contributed by atoms with Gasteiger partial charge in [0.25, 0.3) is 5.91 Å². The molecule has 1 heterocycles. The van der Waals surface area contributed by atoms with Crippen molar-refractivity contribution in [3.05, 3.63) is 18.0 Å². The van der Waals surface area contributed by atoms with E-state index in [0.29, 0.717) is 0 Å². The highest BCUT2D eigenvalue weighted by Gasteiger charge is 2.24. The third kappa shape index (κ3) is 3.08. The summed E-state index contributed by atoms with van der Waals surface area (Å²) < 4.78 is 4.48. The molecule has 0 aliphatic rings. The van der Waals surface area contributed by atoms with E-state index < -0.39 is 30.3 Å². The summed E-state index contributed by atoms with van der Waals surface area (Å²) in [5, 5.41) is 22.3. The Labute approximate surface area is 88.8 Å². The van der Waals surface area contributed by atoms with E-state index in [1.54, 1.807) is 0 Å². The molecule has 0 saturated carbocycles. The van der Waals surface area contributed by atoms with E-state index in [4.69, 9.17) is 10.2 Å². The number of carboxylic acid groups (broad SMARTS) is 2. The summed E-state index contributed by atoms with van der Waals surface area (Å²) >= 11 is 0. The van der Waals surface area contributed by atoms with Gasteiger partial charge in [-0.05, 0) is 0 Å². The van der Waals surface area contributed by atoms with Crippen LogP contribution in [-0.2, 0) is 9.59 Å². The van der Waals surface area contributed by atoms with E-state index in [0.717, 1.165) is 0 Å². The monoisotopic (exact) mass is 228 g/mol. The minimum Gasteiger partial charge on any atom is -0.481 e. The van der Waals surface area contributed by atoms with Crippen LogP contribution >= 0.6 is 0 Å². The van der Waals surface area contributed by atoms with E-state index in [9.17, 15) is 14.4 Å². The van der Waals surface area contributed by atoms with Gasteiger partial charge in [0.05, 0.1) is 12.6 Å². The molecule has 0 unspecified atom stereocenters. The van der Waals surface area contributed by atoms with E-state index in [2.05, 4.69) is 9.68 Å². The van der Waals surface area contributed by atoms with Gasteiger partial charge >= 0.3 is 11.9 Å². The number of carbonyl (C=O) groups is 3. The number of aliphatic carboxylic acids is 2. The molecule has 8 nitrogen and oxygen atoms in total. The number of carbonyl (C=O) groups excluding carboxylic acids is 1. The fraction of sp³-hybridized carbons (Fsp3) is 0.250. The fourth-order valence-corrected chi connectivity index (χ4v) is 0.937. The van der Waals surface area contributed by atoms with Gasteiger partial charge in [0.2, 0.25) is 5.76 Å². The molecule has 3 N–H and O–H groups in total. The molecular formula is C8H8N2O6. The van der Waals surface area contributed by atoms with Crippen molar-refractivity contribution >= 4 is 17.8 Å². The first-order chi connectivity index (χ1) is 7.50. The molecule has 1 aromatic heterocycles. The van der Waals surface area contributed by atoms with Gasteiger partial charge in [-0.15, -0.1) is 0 Å². The Morgan fingerprint density at radius 2 is 2.12 bits per heavy atom. The maximum atomic E-state index is 11.3. The van der Waals surface area contributed by atoms with Gasteiger partial charge < -0.3 is 20.1 Å². The van der Waals surface area contributed by atoms with Gasteiger partial charge in [-0.1, -0.05) is 5.16 Å². The lowest BCUT2D eigenvalue weighted by Crippen LogP contribution is -2.42. The van der Waals surface area contributed by atoms with Crippen LogP contribution in [0.1, 0.15) is 17.0 Å². The van der Waals surface area contributed by atoms with Gasteiger partial charge in [-0.3, -0.25) is 9.59 Å². The standard InChI is InChI=1S/C8H8N2O6/c11-6(12)3-4(8(14)15)10-7(13)5-1-2-9-16-5/h1-2,4H,3H2,(H,10,13)(H,11,12)(H,14,15)/t4-/m0/s1. The van der Waals surface area contributed by atoms with Gasteiger partial charge in [0.1, 0.15) is 6.04 Å². The molecule has 1 amide bonds. The number of amides is 1. The van der Waals surface area contributed by atoms with Crippen molar-refractivity contribution in [1.82, 2.24) is 10.5 Å². The average molecular weight is 228 g/mol.